The third-order valence-corrected chi connectivity index (χ3v) is 7.30. The van der Waals surface area contributed by atoms with E-state index in [1.54, 1.807) is 0 Å². The van der Waals surface area contributed by atoms with Gasteiger partial charge in [-0.25, -0.2) is 0 Å². The fourth-order valence-corrected chi connectivity index (χ4v) is 5.82. The first-order valence-electron chi connectivity index (χ1n) is 10.2. The second-order valence-electron chi connectivity index (χ2n) is 8.98. The van der Waals surface area contributed by atoms with Crippen LogP contribution in [-0.2, 0) is 4.79 Å². The van der Waals surface area contributed by atoms with Gasteiger partial charge in [0.15, 0.2) is 5.78 Å². The lowest BCUT2D eigenvalue weighted by atomic mass is 9.84. The highest BCUT2D eigenvalue weighted by Crippen LogP contribution is 2.65. The van der Waals surface area contributed by atoms with E-state index in [2.05, 4.69) is 12.2 Å². The van der Waals surface area contributed by atoms with Gasteiger partial charge in [0, 0.05) is 17.9 Å². The minimum atomic E-state index is -0.445. The van der Waals surface area contributed by atoms with Gasteiger partial charge in [-0.1, -0.05) is 19.1 Å². The third kappa shape index (κ3) is 2.49. The molecular formula is C22H27NO3. The molecule has 3 aliphatic carbocycles. The van der Waals surface area contributed by atoms with Crippen molar-refractivity contribution in [2.45, 2.75) is 63.5 Å². The Balaban J connectivity index is 1.30. The highest BCUT2D eigenvalue weighted by Gasteiger charge is 2.70. The number of nitrogens with one attached hydrogen (secondary N) is 1. The molecule has 1 amide bonds. The van der Waals surface area contributed by atoms with Crippen LogP contribution in [-0.4, -0.2) is 23.3 Å². The monoisotopic (exact) mass is 353 g/mol. The molecule has 3 saturated carbocycles. The Morgan fingerprint density at radius 2 is 1.92 bits per heavy atom. The summed E-state index contributed by atoms with van der Waals surface area (Å²) in [6.45, 7) is 2.29. The number of carbonyl (C=O) groups excluding carboxylic acids is 2. The molecule has 4 aliphatic rings. The summed E-state index contributed by atoms with van der Waals surface area (Å²) in [5.41, 5.74) is 0.249. The summed E-state index contributed by atoms with van der Waals surface area (Å²) in [6, 6.07) is 7.87. The molecule has 4 heteroatoms. The largest absolute Gasteiger partial charge is 0.486 e. The highest BCUT2D eigenvalue weighted by molar-refractivity contribution is 6.00. The maximum atomic E-state index is 12.9. The number of carbonyl (C=O) groups is 2. The van der Waals surface area contributed by atoms with E-state index in [1.165, 1.54) is 12.8 Å². The van der Waals surface area contributed by atoms with Gasteiger partial charge in [-0.15, -0.1) is 0 Å². The zero-order valence-electron chi connectivity index (χ0n) is 15.4. The molecule has 0 unspecified atom stereocenters. The molecule has 0 radical (unpaired) electrons. The molecule has 1 N–H and O–H groups in total. The minimum absolute atomic E-state index is 0.0427. The van der Waals surface area contributed by atoms with Crippen LogP contribution in [0.2, 0.25) is 0 Å². The Kier molecular flexibility index (Phi) is 3.67. The quantitative estimate of drug-likeness (QED) is 0.881. The maximum Gasteiger partial charge on any atom is 0.224 e. The fraction of sp³-hybridized carbons (Fsp3) is 0.636. The molecular weight excluding hydrogens is 326 g/mol. The average Bonchev–Trinajstić information content (AvgIpc) is 3.29. The first-order chi connectivity index (χ1) is 12.6. The summed E-state index contributed by atoms with van der Waals surface area (Å²) in [5.74, 6) is 2.51. The molecule has 1 aromatic carbocycles. The van der Waals surface area contributed by atoms with Crippen molar-refractivity contribution < 1.29 is 14.3 Å². The van der Waals surface area contributed by atoms with Gasteiger partial charge in [0.05, 0.1) is 12.0 Å². The topological polar surface area (TPSA) is 55.4 Å². The Bertz CT molecular complexity index is 752. The molecule has 5 rings (SSSR count). The number of rotatable bonds is 2. The van der Waals surface area contributed by atoms with E-state index < -0.39 is 5.60 Å². The first-order valence-corrected chi connectivity index (χ1v) is 10.2. The van der Waals surface area contributed by atoms with Crippen molar-refractivity contribution in [3.8, 4) is 5.75 Å². The van der Waals surface area contributed by atoms with Crippen molar-refractivity contribution in [3.63, 3.8) is 0 Å². The zero-order valence-corrected chi connectivity index (χ0v) is 15.4. The van der Waals surface area contributed by atoms with Crippen molar-refractivity contribution in [2.75, 3.05) is 0 Å². The van der Waals surface area contributed by atoms with E-state index in [9.17, 15) is 9.59 Å². The first kappa shape index (κ1) is 16.3. The van der Waals surface area contributed by atoms with E-state index in [4.69, 9.17) is 4.74 Å². The molecule has 0 bridgehead atoms. The highest BCUT2D eigenvalue weighted by atomic mass is 16.5. The van der Waals surface area contributed by atoms with Crippen molar-refractivity contribution in [3.05, 3.63) is 29.8 Å². The molecule has 0 aromatic heterocycles. The number of benzene rings is 1. The summed E-state index contributed by atoms with van der Waals surface area (Å²) in [5, 5.41) is 3.30. The number of ether oxygens (including phenoxy) is 1. The lowest BCUT2D eigenvalue weighted by Gasteiger charge is -2.37. The molecule has 1 aliphatic heterocycles. The Morgan fingerprint density at radius 3 is 2.73 bits per heavy atom. The summed E-state index contributed by atoms with van der Waals surface area (Å²) in [6.07, 6.45) is 6.94. The summed E-state index contributed by atoms with van der Waals surface area (Å²) in [7, 11) is 0. The molecule has 1 spiro atoms. The number of ketones is 1. The molecule has 1 heterocycles. The molecule has 138 valence electrons. The molecule has 0 saturated heterocycles. The van der Waals surface area contributed by atoms with E-state index in [-0.39, 0.29) is 23.5 Å². The van der Waals surface area contributed by atoms with Gasteiger partial charge in [0.25, 0.3) is 0 Å². The van der Waals surface area contributed by atoms with Crippen molar-refractivity contribution >= 4 is 11.7 Å². The number of hydrogen-bond acceptors (Lipinski definition) is 3. The van der Waals surface area contributed by atoms with Crippen LogP contribution in [0.5, 0.6) is 5.75 Å². The van der Waals surface area contributed by atoms with Gasteiger partial charge >= 0.3 is 0 Å². The van der Waals surface area contributed by atoms with E-state index >= 15 is 0 Å². The van der Waals surface area contributed by atoms with Gasteiger partial charge in [0.1, 0.15) is 11.4 Å². The number of amides is 1. The predicted octanol–water partition coefficient (Wildman–Crippen LogP) is 3.74. The average molecular weight is 353 g/mol. The molecule has 4 nitrogen and oxygen atoms in total. The van der Waals surface area contributed by atoms with Crippen LogP contribution in [0.1, 0.15) is 62.2 Å². The Hall–Kier alpha value is -1.84. The lowest BCUT2D eigenvalue weighted by Crippen LogP contribution is -2.45. The van der Waals surface area contributed by atoms with E-state index in [1.807, 2.05) is 24.3 Å². The van der Waals surface area contributed by atoms with Crippen LogP contribution < -0.4 is 10.1 Å². The molecule has 3 fully saturated rings. The number of fused-ring (bicyclic) bond motifs is 3. The zero-order chi connectivity index (χ0) is 17.9. The fourth-order valence-electron chi connectivity index (χ4n) is 5.82. The Morgan fingerprint density at radius 1 is 1.15 bits per heavy atom. The smallest absolute Gasteiger partial charge is 0.224 e. The summed E-state index contributed by atoms with van der Waals surface area (Å²) >= 11 is 0. The Labute approximate surface area is 154 Å². The number of hydrogen-bond donors (Lipinski definition) is 1. The maximum absolute atomic E-state index is 12.9. The van der Waals surface area contributed by atoms with Gasteiger partial charge in [-0.05, 0) is 62.5 Å². The van der Waals surface area contributed by atoms with Crippen LogP contribution in [0.25, 0.3) is 0 Å². The molecule has 26 heavy (non-hydrogen) atoms. The van der Waals surface area contributed by atoms with Crippen molar-refractivity contribution in [2.24, 2.45) is 23.7 Å². The predicted molar refractivity (Wildman–Crippen MR) is 98.0 cm³/mol. The third-order valence-electron chi connectivity index (χ3n) is 7.30. The standard InChI is InChI=1S/C22H27NO3/c1-13-6-8-14(9-7-13)23-21(25)19-16-10-11-22(20(16)19)12-17(24)15-4-2-3-5-18(15)26-22/h2-5,13-14,16,19-20H,6-12H2,1H3,(H,23,25)/t13?,14?,16-,19-,20+,22-/m1/s1. The van der Waals surface area contributed by atoms with Crippen molar-refractivity contribution in [1.29, 1.82) is 0 Å². The number of Topliss-reactive ketones (excluding diaryl/α,β-unsaturated/α-hetero) is 1. The second-order valence-corrected chi connectivity index (χ2v) is 8.98. The number of para-hydroxylation sites is 1. The van der Waals surface area contributed by atoms with Gasteiger partial charge in [0.2, 0.25) is 5.91 Å². The minimum Gasteiger partial charge on any atom is -0.486 e. The molecule has 1 aromatic rings. The van der Waals surface area contributed by atoms with Gasteiger partial charge in [-0.3, -0.25) is 9.59 Å². The van der Waals surface area contributed by atoms with Gasteiger partial charge < -0.3 is 10.1 Å². The van der Waals surface area contributed by atoms with Crippen LogP contribution >= 0.6 is 0 Å². The SMILES string of the molecule is CC1CCC(NC(=O)[C@@H]2[C@H]3CC[C@@]4(CC(=O)c5ccccc5O4)[C@@H]32)CC1. The van der Waals surface area contributed by atoms with Crippen molar-refractivity contribution in [1.82, 2.24) is 5.32 Å². The van der Waals surface area contributed by atoms with Crippen LogP contribution in [0.4, 0.5) is 0 Å². The summed E-state index contributed by atoms with van der Waals surface area (Å²) < 4.78 is 6.39. The van der Waals surface area contributed by atoms with E-state index in [0.717, 1.165) is 31.6 Å². The van der Waals surface area contributed by atoms with Gasteiger partial charge in [-0.2, -0.15) is 0 Å². The van der Waals surface area contributed by atoms with E-state index in [0.29, 0.717) is 29.7 Å². The summed E-state index contributed by atoms with van der Waals surface area (Å²) in [4.78, 5) is 25.5. The normalized spacial score (nSPS) is 40.5. The molecule has 4 atom stereocenters. The van der Waals surface area contributed by atoms with Crippen LogP contribution in [0.3, 0.4) is 0 Å². The van der Waals surface area contributed by atoms with Crippen LogP contribution in [0, 0.1) is 23.7 Å². The lowest BCUT2D eigenvalue weighted by molar-refractivity contribution is -0.125. The van der Waals surface area contributed by atoms with Crippen LogP contribution in [0.15, 0.2) is 24.3 Å². The second kappa shape index (κ2) is 5.83.